The van der Waals surface area contributed by atoms with Crippen molar-refractivity contribution >= 4 is 49.7 Å². The standard InChI is InChI=1S/C24H25ClFN3O3S2/c1-14-7-8-17(12-21(14)34(31,32)29-20-10-9-18(26)13-19(20)25)23-15(2)27-24(33-23)28-22(30)11-16-5-3-4-6-16/h7-10,12-13,16,29H,3-6,11H2,1-2H3,(H,27,28,30). The van der Waals surface area contributed by atoms with Crippen LogP contribution in [0, 0.1) is 25.6 Å². The quantitative estimate of drug-likeness (QED) is 0.369. The Hall–Kier alpha value is -2.49. The van der Waals surface area contributed by atoms with E-state index in [0.29, 0.717) is 34.3 Å². The van der Waals surface area contributed by atoms with Gasteiger partial charge in [-0.15, -0.1) is 0 Å². The zero-order chi connectivity index (χ0) is 24.5. The molecule has 0 aliphatic heterocycles. The van der Waals surface area contributed by atoms with E-state index in [0.717, 1.165) is 29.9 Å². The van der Waals surface area contributed by atoms with Gasteiger partial charge < -0.3 is 5.32 Å². The Kier molecular flexibility index (Phi) is 7.25. The molecule has 4 rings (SSSR count). The van der Waals surface area contributed by atoms with E-state index in [9.17, 15) is 17.6 Å². The summed E-state index contributed by atoms with van der Waals surface area (Å²) in [6.07, 6.45) is 5.04. The molecule has 1 amide bonds. The van der Waals surface area contributed by atoms with Crippen molar-refractivity contribution in [2.75, 3.05) is 10.0 Å². The van der Waals surface area contributed by atoms with Crippen LogP contribution in [-0.4, -0.2) is 19.3 Å². The Bertz CT molecular complexity index is 1340. The van der Waals surface area contributed by atoms with Gasteiger partial charge in [0, 0.05) is 6.42 Å². The molecular weight excluding hydrogens is 497 g/mol. The number of nitrogens with zero attached hydrogens (tertiary/aromatic N) is 1. The van der Waals surface area contributed by atoms with E-state index in [1.807, 2.05) is 13.0 Å². The van der Waals surface area contributed by atoms with Crippen LogP contribution in [0.5, 0.6) is 0 Å². The van der Waals surface area contributed by atoms with E-state index in [-0.39, 0.29) is 21.5 Å². The van der Waals surface area contributed by atoms with Gasteiger partial charge in [0.2, 0.25) is 5.91 Å². The van der Waals surface area contributed by atoms with Gasteiger partial charge in [0.1, 0.15) is 5.82 Å². The highest BCUT2D eigenvalue weighted by atomic mass is 35.5. The highest BCUT2D eigenvalue weighted by molar-refractivity contribution is 7.92. The molecule has 2 N–H and O–H groups in total. The van der Waals surface area contributed by atoms with Crippen molar-refractivity contribution in [3.05, 3.63) is 58.5 Å². The first kappa shape index (κ1) is 24.6. The van der Waals surface area contributed by atoms with Crippen LogP contribution in [0.3, 0.4) is 0 Å². The van der Waals surface area contributed by atoms with Gasteiger partial charge in [0.25, 0.3) is 10.0 Å². The first-order chi connectivity index (χ1) is 16.1. The summed E-state index contributed by atoms with van der Waals surface area (Å²) in [6, 6.07) is 8.57. The molecule has 34 heavy (non-hydrogen) atoms. The second-order valence-electron chi connectivity index (χ2n) is 8.55. The number of halogens is 2. The summed E-state index contributed by atoms with van der Waals surface area (Å²) in [6.45, 7) is 3.52. The predicted octanol–water partition coefficient (Wildman–Crippen LogP) is 6.54. The van der Waals surface area contributed by atoms with Crippen molar-refractivity contribution in [1.82, 2.24) is 4.98 Å². The van der Waals surface area contributed by atoms with E-state index in [4.69, 9.17) is 11.6 Å². The summed E-state index contributed by atoms with van der Waals surface area (Å²) in [5.74, 6) is -0.162. The zero-order valence-corrected chi connectivity index (χ0v) is 21.2. The van der Waals surface area contributed by atoms with Crippen LogP contribution >= 0.6 is 22.9 Å². The fourth-order valence-electron chi connectivity index (χ4n) is 4.17. The third kappa shape index (κ3) is 5.59. The minimum Gasteiger partial charge on any atom is -0.302 e. The highest BCUT2D eigenvalue weighted by Crippen LogP contribution is 2.36. The van der Waals surface area contributed by atoms with Crippen LogP contribution in [0.15, 0.2) is 41.3 Å². The van der Waals surface area contributed by atoms with Gasteiger partial charge in [-0.3, -0.25) is 9.52 Å². The topological polar surface area (TPSA) is 88.2 Å². The van der Waals surface area contributed by atoms with Gasteiger partial charge in [0.15, 0.2) is 5.13 Å². The number of amides is 1. The number of sulfonamides is 1. The number of aromatic nitrogens is 1. The van der Waals surface area contributed by atoms with E-state index in [2.05, 4.69) is 15.0 Å². The Morgan fingerprint density at radius 1 is 1.18 bits per heavy atom. The number of rotatable bonds is 7. The minimum atomic E-state index is -3.99. The van der Waals surface area contributed by atoms with E-state index < -0.39 is 15.8 Å². The van der Waals surface area contributed by atoms with Crippen LogP contribution in [0.4, 0.5) is 15.2 Å². The third-order valence-corrected chi connectivity index (χ3v) is 8.85. The fourth-order valence-corrected chi connectivity index (χ4v) is 6.77. The molecule has 6 nitrogen and oxygen atoms in total. The van der Waals surface area contributed by atoms with Crippen LogP contribution in [-0.2, 0) is 14.8 Å². The largest absolute Gasteiger partial charge is 0.302 e. The number of anilines is 2. The zero-order valence-electron chi connectivity index (χ0n) is 18.8. The molecule has 10 heteroatoms. The number of nitrogens with one attached hydrogen (secondary N) is 2. The number of carbonyl (C=O) groups is 1. The van der Waals surface area contributed by atoms with Gasteiger partial charge in [-0.2, -0.15) is 0 Å². The molecule has 0 atom stereocenters. The number of hydrogen-bond acceptors (Lipinski definition) is 5. The van der Waals surface area contributed by atoms with Crippen LogP contribution in [0.25, 0.3) is 10.4 Å². The Morgan fingerprint density at radius 2 is 1.91 bits per heavy atom. The smallest absolute Gasteiger partial charge is 0.262 e. The van der Waals surface area contributed by atoms with Crippen molar-refractivity contribution in [3.63, 3.8) is 0 Å². The predicted molar refractivity (Wildman–Crippen MR) is 134 cm³/mol. The van der Waals surface area contributed by atoms with Crippen LogP contribution in [0.2, 0.25) is 5.02 Å². The Labute approximate surface area is 207 Å². The molecule has 0 bridgehead atoms. The summed E-state index contributed by atoms with van der Waals surface area (Å²) in [7, 11) is -3.99. The van der Waals surface area contributed by atoms with E-state index >= 15 is 0 Å². The molecular formula is C24H25ClFN3O3S2. The molecule has 0 radical (unpaired) electrons. The van der Waals surface area contributed by atoms with Crippen LogP contribution in [0.1, 0.15) is 43.4 Å². The van der Waals surface area contributed by atoms with Crippen LogP contribution < -0.4 is 10.0 Å². The number of aryl methyl sites for hydroxylation is 2. The highest BCUT2D eigenvalue weighted by Gasteiger charge is 2.22. The molecule has 1 fully saturated rings. The lowest BCUT2D eigenvalue weighted by atomic mass is 10.0. The van der Waals surface area contributed by atoms with E-state index in [1.54, 1.807) is 19.1 Å². The number of carbonyl (C=O) groups excluding carboxylic acids is 1. The molecule has 1 aliphatic carbocycles. The molecule has 180 valence electrons. The maximum atomic E-state index is 13.3. The van der Waals surface area contributed by atoms with E-state index in [1.165, 1.54) is 30.2 Å². The second kappa shape index (κ2) is 10.0. The van der Waals surface area contributed by atoms with Gasteiger partial charge >= 0.3 is 0 Å². The number of thiazole rings is 1. The first-order valence-electron chi connectivity index (χ1n) is 11.0. The second-order valence-corrected chi connectivity index (χ2v) is 11.6. The SMILES string of the molecule is Cc1ccc(-c2sc(NC(=O)CC3CCCC3)nc2C)cc1S(=O)(=O)Nc1ccc(F)cc1Cl. The van der Waals surface area contributed by atoms with Crippen molar-refractivity contribution in [2.24, 2.45) is 5.92 Å². The average Bonchev–Trinajstić information content (AvgIpc) is 3.39. The number of hydrogen-bond donors (Lipinski definition) is 2. The molecule has 2 aromatic carbocycles. The maximum Gasteiger partial charge on any atom is 0.262 e. The lowest BCUT2D eigenvalue weighted by Crippen LogP contribution is -2.14. The molecule has 1 saturated carbocycles. The summed E-state index contributed by atoms with van der Waals surface area (Å²) in [4.78, 5) is 17.7. The molecule has 1 aromatic heterocycles. The monoisotopic (exact) mass is 521 g/mol. The van der Waals surface area contributed by atoms with Gasteiger partial charge in [-0.05, 0) is 68.0 Å². The van der Waals surface area contributed by atoms with Crippen molar-refractivity contribution in [3.8, 4) is 10.4 Å². The fraction of sp³-hybridized carbons (Fsp3) is 0.333. The summed E-state index contributed by atoms with van der Waals surface area (Å²) in [5.41, 5.74) is 2.00. The Morgan fingerprint density at radius 3 is 2.62 bits per heavy atom. The molecule has 0 unspecified atom stereocenters. The van der Waals surface area contributed by atoms with Crippen molar-refractivity contribution < 1.29 is 17.6 Å². The molecule has 3 aromatic rings. The van der Waals surface area contributed by atoms with Gasteiger partial charge in [-0.25, -0.2) is 17.8 Å². The summed E-state index contributed by atoms with van der Waals surface area (Å²) < 4.78 is 42.0. The van der Waals surface area contributed by atoms with Crippen molar-refractivity contribution in [2.45, 2.75) is 50.8 Å². The molecule has 1 heterocycles. The summed E-state index contributed by atoms with van der Waals surface area (Å²) >= 11 is 7.31. The van der Waals surface area contributed by atoms with Gasteiger partial charge in [0.05, 0.1) is 26.2 Å². The summed E-state index contributed by atoms with van der Waals surface area (Å²) in [5, 5.41) is 3.36. The minimum absolute atomic E-state index is 0.0336. The molecule has 1 aliphatic rings. The maximum absolute atomic E-state index is 13.3. The lowest BCUT2D eigenvalue weighted by Gasteiger charge is -2.13. The normalized spacial score (nSPS) is 14.4. The first-order valence-corrected chi connectivity index (χ1v) is 13.7. The lowest BCUT2D eigenvalue weighted by molar-refractivity contribution is -0.117. The average molecular weight is 522 g/mol. The Balaban J connectivity index is 1.57. The molecule has 0 saturated heterocycles. The molecule has 0 spiro atoms. The third-order valence-electron chi connectivity index (χ3n) is 5.91. The number of benzene rings is 2. The van der Waals surface area contributed by atoms with Gasteiger partial charge in [-0.1, -0.05) is 47.9 Å². The van der Waals surface area contributed by atoms with Crippen molar-refractivity contribution in [1.29, 1.82) is 0 Å².